The van der Waals surface area contributed by atoms with Gasteiger partial charge in [-0.05, 0) is 61.9 Å². The van der Waals surface area contributed by atoms with Crippen molar-refractivity contribution in [1.29, 1.82) is 0 Å². The Kier molecular flexibility index (Phi) is 12.1. The summed E-state index contributed by atoms with van der Waals surface area (Å²) in [4.78, 5) is 0. The van der Waals surface area contributed by atoms with E-state index in [0.717, 1.165) is 25.3 Å². The van der Waals surface area contributed by atoms with Gasteiger partial charge in [0, 0.05) is 8.07 Å². The van der Waals surface area contributed by atoms with Gasteiger partial charge in [0.25, 0.3) is 0 Å². The van der Waals surface area contributed by atoms with E-state index >= 15 is 0 Å². The Morgan fingerprint density at radius 2 is 1.59 bits per heavy atom. The zero-order valence-corrected chi connectivity index (χ0v) is 21.8. The highest BCUT2D eigenvalue weighted by molar-refractivity contribution is 6.76. The molecule has 1 unspecified atom stereocenters. The van der Waals surface area contributed by atoms with Gasteiger partial charge < -0.3 is 9.53 Å². The lowest BCUT2D eigenvalue weighted by molar-refractivity contribution is 0.165. The van der Waals surface area contributed by atoms with Gasteiger partial charge in [-0.3, -0.25) is 0 Å². The van der Waals surface area contributed by atoms with Crippen LogP contribution in [0.1, 0.15) is 72.6 Å². The summed E-state index contributed by atoms with van der Waals surface area (Å²) in [6.07, 6.45) is 13.9. The Morgan fingerprint density at radius 1 is 1.00 bits per heavy atom. The van der Waals surface area contributed by atoms with Crippen molar-refractivity contribution in [3.8, 4) is 0 Å². The van der Waals surface area contributed by atoms with E-state index in [0.29, 0.717) is 0 Å². The van der Waals surface area contributed by atoms with Gasteiger partial charge in [0.15, 0.2) is 0 Å². The summed E-state index contributed by atoms with van der Waals surface area (Å²) >= 11 is 0. The third-order valence-corrected chi connectivity index (χ3v) is 11.2. The number of aliphatic hydroxyl groups is 1. The minimum absolute atomic E-state index is 0.203. The molecule has 0 aromatic carbocycles. The Bertz CT molecular complexity index is 454. The molecule has 4 heteroatoms. The first-order valence-electron chi connectivity index (χ1n) is 11.0. The molecule has 0 saturated heterocycles. The third kappa shape index (κ3) is 13.5. The smallest absolute Gasteiger partial charge is 0.249 e. The molecular formula is C23H48O2Si2. The van der Waals surface area contributed by atoms with Crippen LogP contribution in [0.15, 0.2) is 24.0 Å². The van der Waals surface area contributed by atoms with E-state index in [2.05, 4.69) is 72.6 Å². The maximum atomic E-state index is 10.5. The molecule has 27 heavy (non-hydrogen) atoms. The van der Waals surface area contributed by atoms with Crippen molar-refractivity contribution in [2.45, 2.75) is 123 Å². The second-order valence-corrected chi connectivity index (χ2v) is 21.0. The molecule has 0 fully saturated rings. The van der Waals surface area contributed by atoms with Crippen molar-refractivity contribution in [3.63, 3.8) is 0 Å². The summed E-state index contributed by atoms with van der Waals surface area (Å²) in [7, 11) is -3.04. The zero-order chi connectivity index (χ0) is 21.1. The average molecular weight is 413 g/mol. The first-order chi connectivity index (χ1) is 12.3. The topological polar surface area (TPSA) is 29.5 Å². The molecule has 2 nitrogen and oxygen atoms in total. The van der Waals surface area contributed by atoms with Crippen LogP contribution in [0, 0.1) is 0 Å². The lowest BCUT2D eigenvalue weighted by Gasteiger charge is -2.35. The fourth-order valence-corrected chi connectivity index (χ4v) is 5.10. The fourth-order valence-electron chi connectivity index (χ4n) is 2.69. The van der Waals surface area contributed by atoms with Crippen LogP contribution in [0.4, 0.5) is 0 Å². The average Bonchev–Trinajstić information content (AvgIpc) is 2.49. The van der Waals surface area contributed by atoms with E-state index < -0.39 is 16.4 Å². The lowest BCUT2D eigenvalue weighted by atomic mass is 10.1. The highest BCUT2D eigenvalue weighted by Gasteiger charge is 2.38. The number of aliphatic hydroxyl groups excluding tert-OH is 1. The molecule has 0 aromatic heterocycles. The Labute approximate surface area is 172 Å². The van der Waals surface area contributed by atoms with Gasteiger partial charge in [0.2, 0.25) is 8.32 Å². The second-order valence-electron chi connectivity index (χ2n) is 10.8. The van der Waals surface area contributed by atoms with E-state index in [-0.39, 0.29) is 11.1 Å². The van der Waals surface area contributed by atoms with Gasteiger partial charge in [-0.2, -0.15) is 0 Å². The Morgan fingerprint density at radius 3 is 2.11 bits per heavy atom. The lowest BCUT2D eigenvalue weighted by Crippen LogP contribution is -2.39. The zero-order valence-electron chi connectivity index (χ0n) is 19.8. The van der Waals surface area contributed by atoms with E-state index in [4.69, 9.17) is 4.43 Å². The summed E-state index contributed by atoms with van der Waals surface area (Å²) in [5.41, 5.74) is 1.30. The molecular weight excluding hydrogens is 364 g/mol. The van der Waals surface area contributed by atoms with Crippen LogP contribution in [0.2, 0.25) is 43.8 Å². The van der Waals surface area contributed by atoms with Crippen LogP contribution in [0.5, 0.6) is 0 Å². The van der Waals surface area contributed by atoms with Gasteiger partial charge in [0.1, 0.15) is 0 Å². The molecule has 0 amide bonds. The molecule has 0 rings (SSSR count). The molecule has 0 spiro atoms. The molecule has 0 aliphatic rings. The van der Waals surface area contributed by atoms with Gasteiger partial charge in [-0.1, -0.05) is 72.3 Å². The molecule has 0 aliphatic carbocycles. The molecule has 0 aliphatic heterocycles. The molecule has 0 radical (unpaired) electrons. The number of allylic oxidation sites excluding steroid dienone is 2. The van der Waals surface area contributed by atoms with Crippen LogP contribution in [-0.2, 0) is 4.43 Å². The van der Waals surface area contributed by atoms with Crippen molar-refractivity contribution >= 4 is 16.4 Å². The van der Waals surface area contributed by atoms with E-state index in [1.807, 2.05) is 6.26 Å². The van der Waals surface area contributed by atoms with Gasteiger partial charge >= 0.3 is 0 Å². The quantitative estimate of drug-likeness (QED) is 0.144. The minimum atomic E-state index is -1.80. The van der Waals surface area contributed by atoms with Gasteiger partial charge in [0.05, 0.1) is 12.4 Å². The van der Waals surface area contributed by atoms with Crippen molar-refractivity contribution in [3.05, 3.63) is 24.0 Å². The van der Waals surface area contributed by atoms with Crippen LogP contribution in [-0.4, -0.2) is 27.6 Å². The molecule has 1 N–H and O–H groups in total. The SMILES string of the molecule is CCCCC/C=C/CCC(O)C/C(=C/O[Si](C)(C)C(C)(C)C)C[Si](C)(C)C. The van der Waals surface area contributed by atoms with Crippen LogP contribution >= 0.6 is 0 Å². The van der Waals surface area contributed by atoms with Crippen LogP contribution < -0.4 is 0 Å². The Balaban J connectivity index is 4.71. The van der Waals surface area contributed by atoms with Gasteiger partial charge in [-0.15, -0.1) is 0 Å². The summed E-state index contributed by atoms with van der Waals surface area (Å²) < 4.78 is 6.36. The van der Waals surface area contributed by atoms with E-state index in [9.17, 15) is 5.11 Å². The second kappa shape index (κ2) is 12.3. The number of rotatable bonds is 13. The predicted molar refractivity (Wildman–Crippen MR) is 128 cm³/mol. The predicted octanol–water partition coefficient (Wildman–Crippen LogP) is 7.90. The molecule has 0 heterocycles. The van der Waals surface area contributed by atoms with E-state index in [1.54, 1.807) is 0 Å². The third-order valence-electron chi connectivity index (χ3n) is 5.39. The Hall–Kier alpha value is -0.326. The number of hydrogen-bond donors (Lipinski definition) is 1. The minimum Gasteiger partial charge on any atom is -0.549 e. The number of hydrogen-bond acceptors (Lipinski definition) is 2. The first kappa shape index (κ1) is 26.7. The molecule has 1 atom stereocenters. The summed E-state index contributed by atoms with van der Waals surface area (Å²) in [5.74, 6) is 0. The fraction of sp³-hybridized carbons (Fsp3) is 0.826. The largest absolute Gasteiger partial charge is 0.549 e. The van der Waals surface area contributed by atoms with Crippen molar-refractivity contribution < 1.29 is 9.53 Å². The molecule has 0 aromatic rings. The molecule has 160 valence electrons. The maximum Gasteiger partial charge on any atom is 0.249 e. The monoisotopic (exact) mass is 412 g/mol. The maximum absolute atomic E-state index is 10.5. The van der Waals surface area contributed by atoms with Crippen molar-refractivity contribution in [2.75, 3.05) is 0 Å². The highest BCUT2D eigenvalue weighted by atomic mass is 28.4. The summed E-state index contributed by atoms with van der Waals surface area (Å²) in [6.45, 7) is 20.8. The van der Waals surface area contributed by atoms with Crippen molar-refractivity contribution in [1.82, 2.24) is 0 Å². The summed E-state index contributed by atoms with van der Waals surface area (Å²) in [5, 5.41) is 10.7. The van der Waals surface area contributed by atoms with Crippen molar-refractivity contribution in [2.24, 2.45) is 0 Å². The molecule has 0 bridgehead atoms. The summed E-state index contributed by atoms with van der Waals surface area (Å²) in [6, 6.07) is 1.10. The first-order valence-corrected chi connectivity index (χ1v) is 17.6. The standard InChI is InChI=1S/C23H48O2Si2/c1-10-11-12-13-14-15-16-17-22(24)18-21(20-26(5,6)7)19-25-27(8,9)23(2,3)4/h14-15,19,22,24H,10-13,16-18,20H2,1-9H3/b15-14+,21-19-. The highest BCUT2D eigenvalue weighted by Crippen LogP contribution is 2.37. The van der Waals surface area contributed by atoms with E-state index in [1.165, 1.54) is 31.3 Å². The molecule has 0 saturated carbocycles. The van der Waals surface area contributed by atoms with Crippen LogP contribution in [0.3, 0.4) is 0 Å². The number of unbranched alkanes of at least 4 members (excludes halogenated alkanes) is 3. The normalized spacial score (nSPS) is 15.4. The van der Waals surface area contributed by atoms with Gasteiger partial charge in [-0.25, -0.2) is 0 Å². The van der Waals surface area contributed by atoms with Crippen LogP contribution in [0.25, 0.3) is 0 Å².